The lowest BCUT2D eigenvalue weighted by Gasteiger charge is -2.52. The second kappa shape index (κ2) is 5.38. The molecule has 2 aliphatic rings. The van der Waals surface area contributed by atoms with Gasteiger partial charge < -0.3 is 10.1 Å². The summed E-state index contributed by atoms with van der Waals surface area (Å²) < 4.78 is 19.4. The fraction of sp³-hybridized carbons (Fsp3) is 0.235. The van der Waals surface area contributed by atoms with Crippen molar-refractivity contribution in [3.05, 3.63) is 64.0 Å². The van der Waals surface area contributed by atoms with Crippen molar-refractivity contribution in [1.82, 2.24) is 5.32 Å². The third-order valence-corrected chi connectivity index (χ3v) is 4.85. The van der Waals surface area contributed by atoms with Crippen LogP contribution in [-0.4, -0.2) is 15.8 Å². The summed E-state index contributed by atoms with van der Waals surface area (Å²) in [5, 5.41) is 14.7. The van der Waals surface area contributed by atoms with E-state index in [1.54, 1.807) is 18.2 Å². The maximum Gasteiger partial charge on any atom is 0.270 e. The molecule has 8 heteroatoms. The molecular weight excluding hydrogens is 345 g/mol. The van der Waals surface area contributed by atoms with E-state index in [1.165, 1.54) is 24.3 Å². The van der Waals surface area contributed by atoms with Gasteiger partial charge in [-0.1, -0.05) is 0 Å². The first-order chi connectivity index (χ1) is 11.9. The standard InChI is InChI=1S/C17H14FN3O3S/c1-17-9-14(13-8-12(21(22)23)6-7-15(13)24-17)19-16(25)20(17)11-4-2-10(18)3-5-11/h2-8,14H,9H2,1H3,(H,19,25)/t14-,17+/m1/s1. The number of nitro groups is 1. The Hall–Kier alpha value is -2.74. The number of benzene rings is 2. The van der Waals surface area contributed by atoms with Crippen molar-refractivity contribution in [2.24, 2.45) is 0 Å². The number of thiocarbonyl (C=S) groups is 1. The van der Waals surface area contributed by atoms with Crippen molar-refractivity contribution in [3.8, 4) is 5.75 Å². The molecule has 2 aromatic carbocycles. The van der Waals surface area contributed by atoms with Crippen LogP contribution in [0.4, 0.5) is 15.8 Å². The van der Waals surface area contributed by atoms with Gasteiger partial charge in [0, 0.05) is 29.8 Å². The van der Waals surface area contributed by atoms with Crippen molar-refractivity contribution >= 4 is 28.7 Å². The number of anilines is 1. The summed E-state index contributed by atoms with van der Waals surface area (Å²) >= 11 is 5.49. The quantitative estimate of drug-likeness (QED) is 0.501. The third-order valence-electron chi connectivity index (χ3n) is 4.55. The summed E-state index contributed by atoms with van der Waals surface area (Å²) in [5.74, 6) is 0.247. The molecule has 0 aliphatic carbocycles. The summed E-state index contributed by atoms with van der Waals surface area (Å²) in [4.78, 5) is 12.4. The number of hydrogen-bond donors (Lipinski definition) is 1. The van der Waals surface area contributed by atoms with Crippen LogP contribution in [-0.2, 0) is 0 Å². The Morgan fingerprint density at radius 3 is 2.76 bits per heavy atom. The van der Waals surface area contributed by atoms with E-state index in [2.05, 4.69) is 5.32 Å². The van der Waals surface area contributed by atoms with E-state index in [-0.39, 0.29) is 17.5 Å². The van der Waals surface area contributed by atoms with Crippen LogP contribution in [0.5, 0.6) is 5.75 Å². The lowest BCUT2D eigenvalue weighted by molar-refractivity contribution is -0.385. The van der Waals surface area contributed by atoms with E-state index >= 15 is 0 Å². The van der Waals surface area contributed by atoms with Gasteiger partial charge in [-0.15, -0.1) is 0 Å². The van der Waals surface area contributed by atoms with E-state index in [1.807, 2.05) is 11.8 Å². The number of non-ortho nitro benzene ring substituents is 1. The topological polar surface area (TPSA) is 67.6 Å². The zero-order chi connectivity index (χ0) is 17.8. The molecule has 128 valence electrons. The van der Waals surface area contributed by atoms with Crippen molar-refractivity contribution in [2.75, 3.05) is 4.90 Å². The summed E-state index contributed by atoms with van der Waals surface area (Å²) in [6, 6.07) is 10.4. The molecule has 0 aromatic heterocycles. The first kappa shape index (κ1) is 15.8. The zero-order valence-electron chi connectivity index (χ0n) is 13.2. The smallest absolute Gasteiger partial charge is 0.270 e. The molecule has 1 saturated heterocycles. The highest BCUT2D eigenvalue weighted by atomic mass is 32.1. The highest BCUT2D eigenvalue weighted by Crippen LogP contribution is 2.46. The summed E-state index contributed by atoms with van der Waals surface area (Å²) in [7, 11) is 0. The predicted molar refractivity (Wildman–Crippen MR) is 94.1 cm³/mol. The largest absolute Gasteiger partial charge is 0.467 e. The van der Waals surface area contributed by atoms with E-state index in [0.717, 1.165) is 0 Å². The van der Waals surface area contributed by atoms with Crippen LogP contribution < -0.4 is 15.0 Å². The van der Waals surface area contributed by atoms with E-state index in [9.17, 15) is 14.5 Å². The van der Waals surface area contributed by atoms with Gasteiger partial charge in [0.05, 0.1) is 11.0 Å². The Morgan fingerprint density at radius 1 is 1.36 bits per heavy atom. The molecular formula is C17H14FN3O3S. The molecule has 1 N–H and O–H groups in total. The molecule has 0 saturated carbocycles. The van der Waals surface area contributed by atoms with Crippen LogP contribution in [0.25, 0.3) is 0 Å². The number of ether oxygens (including phenoxy) is 1. The summed E-state index contributed by atoms with van der Waals surface area (Å²) in [6.45, 7) is 1.90. The Labute approximate surface area is 148 Å². The molecule has 2 atom stereocenters. The third kappa shape index (κ3) is 2.49. The van der Waals surface area contributed by atoms with Crippen molar-refractivity contribution < 1.29 is 14.1 Å². The van der Waals surface area contributed by atoms with Gasteiger partial charge in [0.2, 0.25) is 0 Å². The maximum absolute atomic E-state index is 13.2. The molecule has 0 spiro atoms. The molecule has 25 heavy (non-hydrogen) atoms. The summed E-state index contributed by atoms with van der Waals surface area (Å²) in [6.07, 6.45) is 0.540. The molecule has 0 radical (unpaired) electrons. The van der Waals surface area contributed by atoms with Crippen LogP contribution >= 0.6 is 12.2 Å². The van der Waals surface area contributed by atoms with E-state index in [4.69, 9.17) is 17.0 Å². The number of nitrogens with one attached hydrogen (secondary N) is 1. The van der Waals surface area contributed by atoms with Crippen molar-refractivity contribution in [1.29, 1.82) is 0 Å². The monoisotopic (exact) mass is 359 g/mol. The van der Waals surface area contributed by atoms with E-state index < -0.39 is 10.6 Å². The number of halogens is 1. The van der Waals surface area contributed by atoms with Crippen LogP contribution in [0.2, 0.25) is 0 Å². The minimum atomic E-state index is -0.770. The number of nitro benzene ring substituents is 1. The Balaban J connectivity index is 1.77. The van der Waals surface area contributed by atoms with Crippen LogP contribution in [0.3, 0.4) is 0 Å². The number of rotatable bonds is 2. The first-order valence-electron chi connectivity index (χ1n) is 7.71. The van der Waals surface area contributed by atoms with Crippen LogP contribution in [0.15, 0.2) is 42.5 Å². The molecule has 2 aromatic rings. The number of nitrogens with zero attached hydrogens (tertiary/aromatic N) is 2. The molecule has 0 unspecified atom stereocenters. The number of hydrogen-bond acceptors (Lipinski definition) is 4. The van der Waals surface area contributed by atoms with Gasteiger partial charge in [-0.2, -0.15) is 0 Å². The average molecular weight is 359 g/mol. The van der Waals surface area contributed by atoms with Gasteiger partial charge in [-0.05, 0) is 49.5 Å². The molecule has 2 heterocycles. The molecule has 6 nitrogen and oxygen atoms in total. The molecule has 0 amide bonds. The second-order valence-corrected chi connectivity index (χ2v) is 6.66. The lowest BCUT2D eigenvalue weighted by Crippen LogP contribution is -2.65. The lowest BCUT2D eigenvalue weighted by atomic mass is 9.90. The Kier molecular flexibility index (Phi) is 3.40. The van der Waals surface area contributed by atoms with Gasteiger partial charge in [-0.25, -0.2) is 4.39 Å². The average Bonchev–Trinajstić information content (AvgIpc) is 2.55. The van der Waals surface area contributed by atoms with Gasteiger partial charge >= 0.3 is 0 Å². The Bertz CT molecular complexity index is 889. The zero-order valence-corrected chi connectivity index (χ0v) is 14.0. The first-order valence-corrected chi connectivity index (χ1v) is 8.12. The fourth-order valence-electron chi connectivity index (χ4n) is 3.46. The minimum Gasteiger partial charge on any atom is -0.467 e. The Morgan fingerprint density at radius 2 is 2.08 bits per heavy atom. The van der Waals surface area contributed by atoms with E-state index in [0.29, 0.717) is 28.5 Å². The highest BCUT2D eigenvalue weighted by molar-refractivity contribution is 7.80. The predicted octanol–water partition coefficient (Wildman–Crippen LogP) is 3.67. The minimum absolute atomic E-state index is 0.0136. The van der Waals surface area contributed by atoms with Gasteiger partial charge in [0.1, 0.15) is 11.6 Å². The second-order valence-electron chi connectivity index (χ2n) is 6.27. The molecule has 2 aliphatic heterocycles. The molecule has 1 fully saturated rings. The van der Waals surface area contributed by atoms with Crippen molar-refractivity contribution in [3.63, 3.8) is 0 Å². The van der Waals surface area contributed by atoms with Crippen molar-refractivity contribution in [2.45, 2.75) is 25.1 Å². The molecule has 4 rings (SSSR count). The normalized spacial score (nSPS) is 24.2. The SMILES string of the molecule is C[C@]12C[C@@H](NC(=S)N1c1ccc(F)cc1)c1cc([N+](=O)[O-])ccc1O2. The van der Waals surface area contributed by atoms with Crippen LogP contribution in [0, 0.1) is 15.9 Å². The summed E-state index contributed by atoms with van der Waals surface area (Å²) in [5.41, 5.74) is 0.672. The number of fused-ring (bicyclic) bond motifs is 4. The van der Waals surface area contributed by atoms with Gasteiger partial charge in [0.25, 0.3) is 5.69 Å². The van der Waals surface area contributed by atoms with Gasteiger partial charge in [0.15, 0.2) is 10.8 Å². The highest BCUT2D eigenvalue weighted by Gasteiger charge is 2.48. The maximum atomic E-state index is 13.2. The van der Waals surface area contributed by atoms with Gasteiger partial charge in [-0.3, -0.25) is 15.0 Å². The molecule has 2 bridgehead atoms. The van der Waals surface area contributed by atoms with Crippen LogP contribution in [0.1, 0.15) is 24.9 Å². The fourth-order valence-corrected chi connectivity index (χ4v) is 3.90.